The molecule has 0 spiro atoms. The van der Waals surface area contributed by atoms with Crippen molar-refractivity contribution >= 4 is 23.0 Å². The zero-order valence-electron chi connectivity index (χ0n) is 5.33. The Morgan fingerprint density at radius 1 is 1.70 bits per heavy atom. The third-order valence-corrected chi connectivity index (χ3v) is 0.249. The van der Waals surface area contributed by atoms with Crippen molar-refractivity contribution < 1.29 is 19.4 Å². The summed E-state index contributed by atoms with van der Waals surface area (Å²) in [7, 11) is 0. The quantitative estimate of drug-likeness (QED) is 0.365. The van der Waals surface area contributed by atoms with Gasteiger partial charge in [-0.1, -0.05) is 6.58 Å². The van der Waals surface area contributed by atoms with E-state index in [2.05, 4.69) is 22.9 Å². The highest BCUT2D eigenvalue weighted by Crippen LogP contribution is 1.70. The number of carbonyl (C=O) groups is 2. The minimum atomic E-state index is -1.36. The van der Waals surface area contributed by atoms with Crippen LogP contribution in [0.1, 0.15) is 6.92 Å². The van der Waals surface area contributed by atoms with Crippen LogP contribution in [0.15, 0.2) is 12.8 Å². The Hall–Kier alpha value is -1.03. The Kier molecular flexibility index (Phi) is 9.35. The van der Waals surface area contributed by atoms with E-state index in [0.29, 0.717) is 0 Å². The van der Waals surface area contributed by atoms with E-state index < -0.39 is 5.43 Å². The molecule has 0 rings (SSSR count). The fourth-order valence-corrected chi connectivity index (χ4v) is 0.117. The molecule has 0 aliphatic heterocycles. The molecule has 0 unspecified atom stereocenters. The van der Waals surface area contributed by atoms with Gasteiger partial charge in [0.05, 0.1) is 6.26 Å². The lowest BCUT2D eigenvalue weighted by molar-refractivity contribution is -0.135. The molecule has 0 saturated carbocycles. The molecule has 5 heteroatoms. The van der Waals surface area contributed by atoms with E-state index in [1.807, 2.05) is 0 Å². The predicted octanol–water partition coefficient (Wildman–Crippen LogP) is 1.60. The fourth-order valence-electron chi connectivity index (χ4n) is 0.117. The van der Waals surface area contributed by atoms with E-state index in [1.165, 1.54) is 6.92 Å². The molecule has 0 aromatic heterocycles. The summed E-state index contributed by atoms with van der Waals surface area (Å²) in [5.41, 5.74) is -1.36. The molecule has 0 aromatic carbocycles. The van der Waals surface area contributed by atoms with Gasteiger partial charge in [-0.2, -0.15) is 0 Å². The molecule has 0 aliphatic rings. The molecule has 4 nitrogen and oxygen atoms in total. The van der Waals surface area contributed by atoms with Crippen LogP contribution in [0.4, 0.5) is 4.79 Å². The summed E-state index contributed by atoms with van der Waals surface area (Å²) in [6.07, 6.45) is 1.10. The van der Waals surface area contributed by atoms with Crippen molar-refractivity contribution in [2.24, 2.45) is 0 Å². The number of halogens is 1. The average molecular weight is 167 g/mol. The third kappa shape index (κ3) is 64.0. The number of rotatable bonds is 1. The van der Waals surface area contributed by atoms with Crippen molar-refractivity contribution in [3.8, 4) is 0 Å². The molecular weight excluding hydrogens is 160 g/mol. The Bertz CT molecular complexity index is 128. The topological polar surface area (TPSA) is 63.6 Å². The normalized spacial score (nSPS) is 6.60. The van der Waals surface area contributed by atoms with Gasteiger partial charge in [-0.05, 0) is 0 Å². The molecule has 0 aromatic rings. The van der Waals surface area contributed by atoms with Gasteiger partial charge in [-0.15, -0.1) is 0 Å². The fraction of sp³-hybridized carbons (Fsp3) is 0.200. The van der Waals surface area contributed by atoms with Gasteiger partial charge in [0.15, 0.2) is 0 Å². The van der Waals surface area contributed by atoms with E-state index in [-0.39, 0.29) is 5.97 Å². The molecule has 0 fully saturated rings. The van der Waals surface area contributed by atoms with E-state index in [9.17, 15) is 4.79 Å². The van der Waals surface area contributed by atoms with Crippen LogP contribution in [0.25, 0.3) is 0 Å². The first kappa shape index (κ1) is 11.7. The predicted molar refractivity (Wildman–Crippen MR) is 35.8 cm³/mol. The molecule has 0 heterocycles. The van der Waals surface area contributed by atoms with Crippen molar-refractivity contribution in [2.75, 3.05) is 0 Å². The highest BCUT2D eigenvalue weighted by molar-refractivity contribution is 6.60. The molecule has 58 valence electrons. The largest absolute Gasteiger partial charge is 0.469 e. The second-order valence-corrected chi connectivity index (χ2v) is 1.35. The van der Waals surface area contributed by atoms with Crippen LogP contribution in [0.5, 0.6) is 0 Å². The Morgan fingerprint density at radius 2 is 2.00 bits per heavy atom. The molecule has 0 radical (unpaired) electrons. The minimum Gasteiger partial charge on any atom is -0.469 e. The van der Waals surface area contributed by atoms with Crippen LogP contribution in [-0.2, 0) is 9.53 Å². The SMILES string of the molecule is C=COC(C)=O.O=C(O)Cl. The maximum absolute atomic E-state index is 9.75. The van der Waals surface area contributed by atoms with E-state index in [0.717, 1.165) is 6.26 Å². The van der Waals surface area contributed by atoms with Crippen molar-refractivity contribution in [2.45, 2.75) is 6.92 Å². The minimum absolute atomic E-state index is 0.329. The van der Waals surface area contributed by atoms with Crippen molar-refractivity contribution in [3.63, 3.8) is 0 Å². The maximum atomic E-state index is 9.75. The summed E-state index contributed by atoms with van der Waals surface area (Å²) in [6, 6.07) is 0. The van der Waals surface area contributed by atoms with Gasteiger partial charge < -0.3 is 9.84 Å². The molecular formula is C5H7ClO4. The van der Waals surface area contributed by atoms with Gasteiger partial charge in [0, 0.05) is 18.5 Å². The summed E-state index contributed by atoms with van der Waals surface area (Å²) >= 11 is 4.19. The van der Waals surface area contributed by atoms with Gasteiger partial charge in [0.25, 0.3) is 0 Å². The standard InChI is InChI=1S/C4H6O2.CHClO2/c1-3-6-4(2)5;2-1(3)4/h3H,1H2,2H3;(H,3,4). The lowest BCUT2D eigenvalue weighted by Crippen LogP contribution is -1.87. The summed E-state index contributed by atoms with van der Waals surface area (Å²) in [5.74, 6) is -0.329. The summed E-state index contributed by atoms with van der Waals surface area (Å²) < 4.78 is 4.17. The first-order valence-electron chi connectivity index (χ1n) is 2.17. The molecule has 10 heavy (non-hydrogen) atoms. The van der Waals surface area contributed by atoms with Gasteiger partial charge >= 0.3 is 11.4 Å². The molecule has 0 atom stereocenters. The van der Waals surface area contributed by atoms with E-state index >= 15 is 0 Å². The maximum Gasteiger partial charge on any atom is 0.401 e. The van der Waals surface area contributed by atoms with Gasteiger partial charge in [0.1, 0.15) is 0 Å². The first-order valence-corrected chi connectivity index (χ1v) is 2.55. The summed E-state index contributed by atoms with van der Waals surface area (Å²) in [5, 5.41) is 7.18. The van der Waals surface area contributed by atoms with Gasteiger partial charge in [0.2, 0.25) is 0 Å². The monoisotopic (exact) mass is 166 g/mol. The zero-order chi connectivity index (χ0) is 8.57. The van der Waals surface area contributed by atoms with Crippen molar-refractivity contribution in [3.05, 3.63) is 12.8 Å². The van der Waals surface area contributed by atoms with Crippen LogP contribution < -0.4 is 0 Å². The van der Waals surface area contributed by atoms with Crippen molar-refractivity contribution in [1.82, 2.24) is 0 Å². The number of hydrogen-bond donors (Lipinski definition) is 1. The number of ether oxygens (including phenoxy) is 1. The zero-order valence-corrected chi connectivity index (χ0v) is 6.09. The highest BCUT2D eigenvalue weighted by atomic mass is 35.5. The molecule has 0 amide bonds. The van der Waals surface area contributed by atoms with Crippen LogP contribution in [0.2, 0.25) is 0 Å². The number of esters is 1. The van der Waals surface area contributed by atoms with E-state index in [1.54, 1.807) is 0 Å². The van der Waals surface area contributed by atoms with Crippen LogP contribution >= 0.6 is 11.6 Å². The van der Waals surface area contributed by atoms with Crippen LogP contribution in [0, 0.1) is 0 Å². The number of hydrogen-bond acceptors (Lipinski definition) is 3. The molecule has 0 bridgehead atoms. The number of carboxylic acid groups (broad SMARTS) is 1. The first-order chi connectivity index (χ1) is 4.50. The second-order valence-electron chi connectivity index (χ2n) is 1.03. The van der Waals surface area contributed by atoms with Gasteiger partial charge in [-0.25, -0.2) is 4.79 Å². The third-order valence-electron chi connectivity index (χ3n) is 0.249. The lowest BCUT2D eigenvalue weighted by atomic mass is 10.8. The van der Waals surface area contributed by atoms with E-state index in [4.69, 9.17) is 9.90 Å². The molecule has 0 saturated heterocycles. The molecule has 0 aliphatic carbocycles. The van der Waals surface area contributed by atoms with Crippen molar-refractivity contribution in [1.29, 1.82) is 0 Å². The van der Waals surface area contributed by atoms with Gasteiger partial charge in [-0.3, -0.25) is 4.79 Å². The Morgan fingerprint density at radius 3 is 2.00 bits per heavy atom. The van der Waals surface area contributed by atoms with Crippen LogP contribution in [0.3, 0.4) is 0 Å². The lowest BCUT2D eigenvalue weighted by Gasteiger charge is -1.83. The Labute approximate surface area is 63.0 Å². The Balaban J connectivity index is 0. The highest BCUT2D eigenvalue weighted by Gasteiger charge is 1.79. The summed E-state index contributed by atoms with van der Waals surface area (Å²) in [4.78, 5) is 18.5. The summed E-state index contributed by atoms with van der Waals surface area (Å²) in [6.45, 7) is 4.48. The number of carbonyl (C=O) groups excluding carboxylic acids is 1. The second kappa shape index (κ2) is 7.97. The van der Waals surface area contributed by atoms with Crippen LogP contribution in [-0.4, -0.2) is 16.5 Å². The molecule has 1 N–H and O–H groups in total. The average Bonchev–Trinajstić information content (AvgIpc) is 1.62. The smallest absolute Gasteiger partial charge is 0.401 e.